The van der Waals surface area contributed by atoms with Gasteiger partial charge in [0.05, 0.1) is 6.54 Å². The fourth-order valence-electron chi connectivity index (χ4n) is 3.40. The van der Waals surface area contributed by atoms with E-state index in [1.54, 1.807) is 0 Å². The lowest BCUT2D eigenvalue weighted by Crippen LogP contribution is -2.38. The van der Waals surface area contributed by atoms with Crippen LogP contribution in [0.15, 0.2) is 23.2 Å². The Kier molecular flexibility index (Phi) is 9.66. The molecule has 0 aromatic heterocycles. The van der Waals surface area contributed by atoms with Crippen LogP contribution in [0.2, 0.25) is 0 Å². The third kappa shape index (κ3) is 7.03. The molecule has 3 N–H and O–H groups in total. The van der Waals surface area contributed by atoms with Gasteiger partial charge >= 0.3 is 0 Å². The molecule has 1 aromatic carbocycles. The molecule has 0 bridgehead atoms. The number of nitrogens with zero attached hydrogens (tertiary/aromatic N) is 1. The lowest BCUT2D eigenvalue weighted by molar-refractivity contribution is -0.121. The Labute approximate surface area is 184 Å². The van der Waals surface area contributed by atoms with Crippen molar-refractivity contribution in [1.82, 2.24) is 16.0 Å². The van der Waals surface area contributed by atoms with Crippen molar-refractivity contribution in [3.05, 3.63) is 23.8 Å². The zero-order chi connectivity index (χ0) is 18.9. The van der Waals surface area contributed by atoms with Crippen LogP contribution in [0.3, 0.4) is 0 Å². The highest BCUT2D eigenvalue weighted by molar-refractivity contribution is 14.0. The maximum absolute atomic E-state index is 12.0. The molecule has 1 aromatic rings. The molecular weight excluding hydrogens is 471 g/mol. The van der Waals surface area contributed by atoms with Gasteiger partial charge < -0.3 is 25.4 Å². The maximum Gasteiger partial charge on any atom is 0.231 e. The van der Waals surface area contributed by atoms with Gasteiger partial charge in [0.25, 0.3) is 0 Å². The second-order valence-electron chi connectivity index (χ2n) is 6.92. The SMILES string of the molecule is CCNC(=NCCC(=O)NC1CCCC1)NCCc1ccc2c(c1)OCO2.I. The Balaban J connectivity index is 0.00000280. The highest BCUT2D eigenvalue weighted by Crippen LogP contribution is 2.32. The molecule has 2 aliphatic rings. The summed E-state index contributed by atoms with van der Waals surface area (Å²) >= 11 is 0. The number of halogens is 1. The van der Waals surface area contributed by atoms with E-state index in [2.05, 4.69) is 20.9 Å². The minimum atomic E-state index is 0. The lowest BCUT2D eigenvalue weighted by atomic mass is 10.1. The summed E-state index contributed by atoms with van der Waals surface area (Å²) in [6.07, 6.45) is 5.94. The number of benzene rings is 1. The first-order valence-corrected chi connectivity index (χ1v) is 9.94. The summed E-state index contributed by atoms with van der Waals surface area (Å²) < 4.78 is 10.7. The average molecular weight is 502 g/mol. The lowest BCUT2D eigenvalue weighted by Gasteiger charge is -2.13. The van der Waals surface area contributed by atoms with E-state index < -0.39 is 0 Å². The quantitative estimate of drug-likeness (QED) is 0.289. The first-order valence-electron chi connectivity index (χ1n) is 9.94. The second-order valence-corrected chi connectivity index (χ2v) is 6.92. The number of nitrogens with one attached hydrogen (secondary N) is 3. The summed E-state index contributed by atoms with van der Waals surface area (Å²) in [7, 11) is 0. The van der Waals surface area contributed by atoms with Crippen LogP contribution in [0.5, 0.6) is 11.5 Å². The van der Waals surface area contributed by atoms with Crippen LogP contribution < -0.4 is 25.4 Å². The molecule has 0 radical (unpaired) electrons. The molecule has 28 heavy (non-hydrogen) atoms. The molecule has 1 aliphatic heterocycles. The second kappa shape index (κ2) is 12.0. The normalized spacial score (nSPS) is 15.8. The molecule has 1 amide bonds. The number of amides is 1. The number of fused-ring (bicyclic) bond motifs is 1. The molecule has 8 heteroatoms. The summed E-state index contributed by atoms with van der Waals surface area (Å²) in [5.74, 6) is 2.45. The van der Waals surface area contributed by atoms with Crippen molar-refractivity contribution in [3.8, 4) is 11.5 Å². The van der Waals surface area contributed by atoms with Crippen molar-refractivity contribution in [3.63, 3.8) is 0 Å². The van der Waals surface area contributed by atoms with Crippen molar-refractivity contribution < 1.29 is 14.3 Å². The molecule has 0 saturated heterocycles. The van der Waals surface area contributed by atoms with Gasteiger partial charge in [-0.2, -0.15) is 0 Å². The van der Waals surface area contributed by atoms with Crippen LogP contribution in [0, 0.1) is 0 Å². The van der Waals surface area contributed by atoms with Gasteiger partial charge in [0.2, 0.25) is 12.7 Å². The number of carbonyl (C=O) groups is 1. The van der Waals surface area contributed by atoms with Crippen molar-refractivity contribution in [2.24, 2.45) is 4.99 Å². The molecule has 0 unspecified atom stereocenters. The van der Waals surface area contributed by atoms with Crippen LogP contribution in [0.25, 0.3) is 0 Å². The smallest absolute Gasteiger partial charge is 0.231 e. The molecular formula is C20H31IN4O3. The standard InChI is InChI=1S/C20H30N4O3.HI/c1-2-21-20(23-12-10-19(25)24-16-5-3-4-6-16)22-11-9-15-7-8-17-18(13-15)27-14-26-17;/h7-8,13,16H,2-6,9-12,14H2,1H3,(H,24,25)(H2,21,22,23);1H. The molecule has 0 spiro atoms. The highest BCUT2D eigenvalue weighted by atomic mass is 127. The molecule has 3 rings (SSSR count). The Morgan fingerprint density at radius 1 is 1.18 bits per heavy atom. The third-order valence-corrected chi connectivity index (χ3v) is 4.82. The van der Waals surface area contributed by atoms with Gasteiger partial charge in [-0.1, -0.05) is 18.9 Å². The zero-order valence-corrected chi connectivity index (χ0v) is 18.8. The molecule has 1 saturated carbocycles. The number of hydrogen-bond acceptors (Lipinski definition) is 4. The Morgan fingerprint density at radius 3 is 2.75 bits per heavy atom. The minimum absolute atomic E-state index is 0. The summed E-state index contributed by atoms with van der Waals surface area (Å²) in [6, 6.07) is 6.38. The molecule has 1 fully saturated rings. The Bertz CT molecular complexity index is 663. The fraction of sp³-hybridized carbons (Fsp3) is 0.600. The predicted molar refractivity (Wildman–Crippen MR) is 121 cm³/mol. The molecule has 0 atom stereocenters. The van der Waals surface area contributed by atoms with Crippen LogP contribution in [-0.2, 0) is 11.2 Å². The largest absolute Gasteiger partial charge is 0.454 e. The summed E-state index contributed by atoms with van der Waals surface area (Å²) in [5.41, 5.74) is 1.18. The molecule has 1 aliphatic carbocycles. The van der Waals surface area contributed by atoms with Crippen LogP contribution in [0.4, 0.5) is 0 Å². The zero-order valence-electron chi connectivity index (χ0n) is 16.5. The molecule has 7 nitrogen and oxygen atoms in total. The van der Waals surface area contributed by atoms with E-state index >= 15 is 0 Å². The number of guanidine groups is 1. The summed E-state index contributed by atoms with van der Waals surface area (Å²) in [6.45, 7) is 4.34. The Morgan fingerprint density at radius 2 is 1.96 bits per heavy atom. The number of rotatable bonds is 8. The predicted octanol–water partition coefficient (Wildman–Crippen LogP) is 2.58. The third-order valence-electron chi connectivity index (χ3n) is 4.82. The van der Waals surface area contributed by atoms with E-state index in [0.717, 1.165) is 49.8 Å². The average Bonchev–Trinajstić information content (AvgIpc) is 3.33. The van der Waals surface area contributed by atoms with Crippen LogP contribution in [0.1, 0.15) is 44.6 Å². The van der Waals surface area contributed by atoms with E-state index in [4.69, 9.17) is 9.47 Å². The van der Waals surface area contributed by atoms with Crippen molar-refractivity contribution in [1.29, 1.82) is 0 Å². The van der Waals surface area contributed by atoms with Gasteiger partial charge in [0.1, 0.15) is 0 Å². The van der Waals surface area contributed by atoms with Crippen LogP contribution in [-0.4, -0.2) is 44.3 Å². The molecule has 1 heterocycles. The van der Waals surface area contributed by atoms with Crippen LogP contribution >= 0.6 is 24.0 Å². The number of carbonyl (C=O) groups excluding carboxylic acids is 1. The number of aliphatic imine (C=N–C) groups is 1. The van der Waals surface area contributed by atoms with E-state index in [1.807, 2.05) is 25.1 Å². The highest BCUT2D eigenvalue weighted by Gasteiger charge is 2.16. The number of hydrogen-bond donors (Lipinski definition) is 3. The van der Waals surface area contributed by atoms with Gasteiger partial charge in [0.15, 0.2) is 17.5 Å². The van der Waals surface area contributed by atoms with Gasteiger partial charge in [-0.05, 0) is 43.9 Å². The first kappa shape index (κ1) is 22.6. The van der Waals surface area contributed by atoms with Crippen molar-refractivity contribution >= 4 is 35.8 Å². The van der Waals surface area contributed by atoms with Crippen molar-refractivity contribution in [2.45, 2.75) is 51.5 Å². The summed E-state index contributed by atoms with van der Waals surface area (Å²) in [5, 5.41) is 9.64. The van der Waals surface area contributed by atoms with Gasteiger partial charge in [-0.15, -0.1) is 24.0 Å². The van der Waals surface area contributed by atoms with E-state index in [1.165, 1.54) is 18.4 Å². The maximum atomic E-state index is 12.0. The van der Waals surface area contributed by atoms with Gasteiger partial charge in [-0.25, -0.2) is 0 Å². The monoisotopic (exact) mass is 502 g/mol. The van der Waals surface area contributed by atoms with E-state index in [0.29, 0.717) is 25.8 Å². The minimum Gasteiger partial charge on any atom is -0.454 e. The van der Waals surface area contributed by atoms with Gasteiger partial charge in [-0.3, -0.25) is 9.79 Å². The van der Waals surface area contributed by atoms with Crippen molar-refractivity contribution in [2.75, 3.05) is 26.4 Å². The molecule has 156 valence electrons. The van der Waals surface area contributed by atoms with E-state index in [-0.39, 0.29) is 29.9 Å². The van der Waals surface area contributed by atoms with Gasteiger partial charge in [0, 0.05) is 25.6 Å². The first-order chi connectivity index (χ1) is 13.2. The van der Waals surface area contributed by atoms with E-state index in [9.17, 15) is 4.79 Å². The fourth-order valence-corrected chi connectivity index (χ4v) is 3.40. The Hall–Kier alpha value is -1.71. The summed E-state index contributed by atoms with van der Waals surface area (Å²) in [4.78, 5) is 16.5. The number of ether oxygens (including phenoxy) is 2. The topological polar surface area (TPSA) is 84.0 Å².